The molecule has 0 heterocycles. The first-order chi connectivity index (χ1) is 9.51. The number of methoxy groups -OCH3 is 2. The molecule has 0 aliphatic rings. The van der Waals surface area contributed by atoms with Crippen LogP contribution in [0.5, 0.6) is 11.5 Å². The Morgan fingerprint density at radius 3 is 2.35 bits per heavy atom. The van der Waals surface area contributed by atoms with Gasteiger partial charge in [-0.1, -0.05) is 19.9 Å². The maximum Gasteiger partial charge on any atom is 0.127 e. The molecule has 0 saturated heterocycles. The van der Waals surface area contributed by atoms with Crippen LogP contribution in [0.2, 0.25) is 0 Å². The Labute approximate surface area is 123 Å². The molecule has 1 aromatic rings. The molecule has 114 valence electrons. The number of nitrogens with one attached hydrogen (secondary N) is 1. The first-order valence-electron chi connectivity index (χ1n) is 7.09. The van der Waals surface area contributed by atoms with E-state index in [2.05, 4.69) is 37.2 Å². The Kier molecular flexibility index (Phi) is 6.82. The van der Waals surface area contributed by atoms with Gasteiger partial charge in [0.15, 0.2) is 0 Å². The fraction of sp³-hybridized carbons (Fsp3) is 0.625. The first-order valence-corrected chi connectivity index (χ1v) is 7.09. The zero-order valence-corrected chi connectivity index (χ0v) is 13.6. The topological polar surface area (TPSA) is 33.7 Å². The van der Waals surface area contributed by atoms with E-state index in [9.17, 15) is 0 Å². The lowest BCUT2D eigenvalue weighted by Gasteiger charge is -2.26. The largest absolute Gasteiger partial charge is 0.497 e. The number of rotatable bonds is 8. The van der Waals surface area contributed by atoms with Crippen molar-refractivity contribution in [1.82, 2.24) is 10.2 Å². The number of benzene rings is 1. The van der Waals surface area contributed by atoms with Crippen molar-refractivity contribution in [2.24, 2.45) is 5.92 Å². The molecule has 0 spiro atoms. The summed E-state index contributed by atoms with van der Waals surface area (Å²) in [6.45, 7) is 6.49. The van der Waals surface area contributed by atoms with Crippen LogP contribution in [0, 0.1) is 5.92 Å². The molecule has 1 rings (SSSR count). The molecule has 0 aliphatic carbocycles. The van der Waals surface area contributed by atoms with E-state index in [1.165, 1.54) is 0 Å². The van der Waals surface area contributed by atoms with Crippen molar-refractivity contribution in [2.75, 3.05) is 41.4 Å². The number of hydrogen-bond donors (Lipinski definition) is 1. The Bertz CT molecular complexity index is 407. The molecule has 0 amide bonds. The summed E-state index contributed by atoms with van der Waals surface area (Å²) in [6.07, 6.45) is 0. The summed E-state index contributed by atoms with van der Waals surface area (Å²) in [7, 11) is 7.50. The molecule has 0 fully saturated rings. The highest BCUT2D eigenvalue weighted by Gasteiger charge is 2.17. The summed E-state index contributed by atoms with van der Waals surface area (Å²) in [4.78, 5) is 2.34. The second kappa shape index (κ2) is 8.12. The van der Waals surface area contributed by atoms with E-state index in [0.717, 1.165) is 30.2 Å². The number of hydrogen-bond acceptors (Lipinski definition) is 4. The quantitative estimate of drug-likeness (QED) is 0.793. The average Bonchev–Trinajstić information content (AvgIpc) is 2.43. The van der Waals surface area contributed by atoms with Gasteiger partial charge in [-0.25, -0.2) is 0 Å². The molecule has 4 nitrogen and oxygen atoms in total. The van der Waals surface area contributed by atoms with Crippen molar-refractivity contribution in [3.8, 4) is 11.5 Å². The summed E-state index contributed by atoms with van der Waals surface area (Å²) in [6, 6.07) is 6.22. The lowest BCUT2D eigenvalue weighted by atomic mass is 10.0. The van der Waals surface area contributed by atoms with Gasteiger partial charge in [0.2, 0.25) is 0 Å². The van der Waals surface area contributed by atoms with Crippen molar-refractivity contribution < 1.29 is 9.47 Å². The predicted molar refractivity (Wildman–Crippen MR) is 83.7 cm³/mol. The molecule has 0 saturated carbocycles. The van der Waals surface area contributed by atoms with Crippen LogP contribution in [-0.2, 0) is 0 Å². The molecular weight excluding hydrogens is 252 g/mol. The van der Waals surface area contributed by atoms with Gasteiger partial charge in [-0.2, -0.15) is 0 Å². The van der Waals surface area contributed by atoms with Gasteiger partial charge < -0.3 is 19.7 Å². The summed E-state index contributed by atoms with van der Waals surface area (Å²) in [5, 5.41) is 3.37. The van der Waals surface area contributed by atoms with Crippen molar-refractivity contribution >= 4 is 0 Å². The van der Waals surface area contributed by atoms with Crippen LogP contribution in [0.4, 0.5) is 0 Å². The van der Waals surface area contributed by atoms with E-state index in [1.807, 2.05) is 19.2 Å². The molecule has 1 aromatic carbocycles. The number of nitrogens with zero attached hydrogens (tertiary/aromatic N) is 1. The van der Waals surface area contributed by atoms with Gasteiger partial charge in [-0.05, 0) is 26.1 Å². The van der Waals surface area contributed by atoms with Crippen molar-refractivity contribution in [3.05, 3.63) is 23.8 Å². The molecule has 20 heavy (non-hydrogen) atoms. The van der Waals surface area contributed by atoms with Crippen LogP contribution in [0.1, 0.15) is 25.5 Å². The van der Waals surface area contributed by atoms with Crippen LogP contribution >= 0.6 is 0 Å². The van der Waals surface area contributed by atoms with E-state index in [0.29, 0.717) is 5.92 Å². The lowest BCUT2D eigenvalue weighted by Crippen LogP contribution is -2.33. The predicted octanol–water partition coefficient (Wildman–Crippen LogP) is 2.55. The van der Waals surface area contributed by atoms with E-state index in [4.69, 9.17) is 9.47 Å². The zero-order valence-electron chi connectivity index (χ0n) is 13.6. The van der Waals surface area contributed by atoms with E-state index < -0.39 is 0 Å². The smallest absolute Gasteiger partial charge is 0.127 e. The third-order valence-corrected chi connectivity index (χ3v) is 3.34. The Balaban J connectivity index is 2.88. The zero-order chi connectivity index (χ0) is 15.1. The SMILES string of the molecule is CNC(CN(C)CC(C)C)c1ccc(OC)cc1OC. The van der Waals surface area contributed by atoms with Gasteiger partial charge >= 0.3 is 0 Å². The molecule has 1 N–H and O–H groups in total. The maximum absolute atomic E-state index is 5.49. The second-order valence-electron chi connectivity index (χ2n) is 5.56. The van der Waals surface area contributed by atoms with Crippen LogP contribution in [0.25, 0.3) is 0 Å². The van der Waals surface area contributed by atoms with Gasteiger partial charge in [0.05, 0.1) is 14.2 Å². The van der Waals surface area contributed by atoms with Crippen LogP contribution in [0.3, 0.4) is 0 Å². The minimum Gasteiger partial charge on any atom is -0.497 e. The molecular formula is C16H28N2O2. The van der Waals surface area contributed by atoms with Crippen LogP contribution in [-0.4, -0.2) is 46.3 Å². The number of ether oxygens (including phenoxy) is 2. The normalized spacial score (nSPS) is 12.8. The van der Waals surface area contributed by atoms with Crippen LogP contribution in [0.15, 0.2) is 18.2 Å². The fourth-order valence-corrected chi connectivity index (χ4v) is 2.46. The summed E-state index contributed by atoms with van der Waals surface area (Å²) in [5.41, 5.74) is 1.16. The molecule has 4 heteroatoms. The first kappa shape index (κ1) is 16.8. The van der Waals surface area contributed by atoms with Crippen molar-refractivity contribution in [2.45, 2.75) is 19.9 Å². The van der Waals surface area contributed by atoms with E-state index in [1.54, 1.807) is 14.2 Å². The molecule has 0 bridgehead atoms. The Morgan fingerprint density at radius 2 is 1.85 bits per heavy atom. The third kappa shape index (κ3) is 4.69. The maximum atomic E-state index is 5.49. The van der Waals surface area contributed by atoms with Gasteiger partial charge in [-0.3, -0.25) is 0 Å². The molecule has 0 aromatic heterocycles. The third-order valence-electron chi connectivity index (χ3n) is 3.34. The van der Waals surface area contributed by atoms with Gasteiger partial charge in [0, 0.05) is 30.8 Å². The van der Waals surface area contributed by atoms with Gasteiger partial charge in [0.25, 0.3) is 0 Å². The monoisotopic (exact) mass is 280 g/mol. The fourth-order valence-electron chi connectivity index (χ4n) is 2.46. The molecule has 1 atom stereocenters. The standard InChI is InChI=1S/C16H28N2O2/c1-12(2)10-18(4)11-15(17-3)14-8-7-13(19-5)9-16(14)20-6/h7-9,12,15,17H,10-11H2,1-6H3. The highest BCUT2D eigenvalue weighted by Crippen LogP contribution is 2.29. The highest BCUT2D eigenvalue weighted by atomic mass is 16.5. The Morgan fingerprint density at radius 1 is 1.15 bits per heavy atom. The molecule has 0 aliphatic heterocycles. The highest BCUT2D eigenvalue weighted by molar-refractivity contribution is 5.42. The minimum absolute atomic E-state index is 0.236. The minimum atomic E-state index is 0.236. The van der Waals surface area contributed by atoms with E-state index in [-0.39, 0.29) is 6.04 Å². The average molecular weight is 280 g/mol. The summed E-state index contributed by atoms with van der Waals surface area (Å²) >= 11 is 0. The molecule has 0 radical (unpaired) electrons. The van der Waals surface area contributed by atoms with Crippen LogP contribution < -0.4 is 14.8 Å². The lowest BCUT2D eigenvalue weighted by molar-refractivity contribution is 0.264. The van der Waals surface area contributed by atoms with E-state index >= 15 is 0 Å². The molecule has 1 unspecified atom stereocenters. The van der Waals surface area contributed by atoms with Gasteiger partial charge in [-0.15, -0.1) is 0 Å². The van der Waals surface area contributed by atoms with Gasteiger partial charge in [0.1, 0.15) is 11.5 Å². The van der Waals surface area contributed by atoms with Crippen molar-refractivity contribution in [1.29, 1.82) is 0 Å². The Hall–Kier alpha value is -1.26. The van der Waals surface area contributed by atoms with Crippen molar-refractivity contribution in [3.63, 3.8) is 0 Å². The summed E-state index contributed by atoms with van der Waals surface area (Å²) < 4.78 is 10.7. The second-order valence-corrected chi connectivity index (χ2v) is 5.56. The summed E-state index contributed by atoms with van der Waals surface area (Å²) in [5.74, 6) is 2.34. The number of likely N-dealkylation sites (N-methyl/N-ethyl adjacent to an activating group) is 2.